The second-order valence-electron chi connectivity index (χ2n) is 8.71. The summed E-state index contributed by atoms with van der Waals surface area (Å²) in [5.74, 6) is -3.25. The number of carbonyl (C=O) groups is 3. The molecule has 0 saturated carbocycles. The molecule has 0 bridgehead atoms. The zero-order chi connectivity index (χ0) is 30.2. The summed E-state index contributed by atoms with van der Waals surface area (Å²) in [4.78, 5) is 48.1. The number of carbonyl (C=O) groups excluding carboxylic acids is 3. The van der Waals surface area contributed by atoms with Crippen molar-refractivity contribution in [1.82, 2.24) is 28.7 Å². The smallest absolute Gasteiger partial charge is 0.333 e. The summed E-state index contributed by atoms with van der Waals surface area (Å²) in [6.45, 7) is -1.26. The number of halogens is 1. The summed E-state index contributed by atoms with van der Waals surface area (Å²) >= 11 is 3.37. The Balaban J connectivity index is 1.31. The van der Waals surface area contributed by atoms with E-state index in [9.17, 15) is 32.3 Å². The number of aromatic nitrogens is 4. The summed E-state index contributed by atoms with van der Waals surface area (Å²) < 4.78 is 52.6. The molecule has 1 fully saturated rings. The number of alkyl halides is 1. The Hall–Kier alpha value is -3.70. The number of hydrogen-bond donors (Lipinski definition) is 4. The molecule has 2 atom stereocenters. The van der Waals surface area contributed by atoms with E-state index in [4.69, 9.17) is 10.3 Å². The molecule has 22 heteroatoms. The maximum atomic E-state index is 13.1. The molecule has 2 aliphatic heterocycles. The lowest BCUT2D eigenvalue weighted by Crippen LogP contribution is -2.71. The molecule has 0 aliphatic carbocycles. The molecule has 3 aromatic heterocycles. The van der Waals surface area contributed by atoms with Crippen molar-refractivity contribution in [3.05, 3.63) is 40.7 Å². The van der Waals surface area contributed by atoms with Crippen LogP contribution in [0.25, 0.3) is 4.83 Å². The van der Waals surface area contributed by atoms with Crippen LogP contribution in [0.2, 0.25) is 0 Å². The maximum absolute atomic E-state index is 13.1. The zero-order valence-electron chi connectivity index (χ0n) is 21.0. The predicted octanol–water partition coefficient (Wildman–Crippen LogP) is -2.59. The maximum Gasteiger partial charge on any atom is 0.333 e. The van der Waals surface area contributed by atoms with Gasteiger partial charge in [-0.05, 0) is 0 Å². The largest absolute Gasteiger partial charge is 0.543 e. The number of thioether (sulfide) groups is 1. The standard InChI is InChI=1S/C20H20FN9O8S4/c21-7-38-26-12(15-25-20(22)41-27-15)16(31)24-13-17(32)30-14(19(33)34)9(5-40-18(13)30)3-28-4-11-29(8-28)10(6-39-11)1-2-23-42(35,36)37/h4,6,8,13,18,23H,1-3,5,7H2,(H4-,22,24,25,27,31,33,34,35,36,37)/b26-12-/t13-,18-/m1/s1. The molecule has 0 radical (unpaired) electrons. The van der Waals surface area contributed by atoms with Gasteiger partial charge >= 0.3 is 10.3 Å². The van der Waals surface area contributed by atoms with E-state index in [1.54, 1.807) is 21.5 Å². The first-order chi connectivity index (χ1) is 20.0. The number of carboxylic acids is 1. The van der Waals surface area contributed by atoms with E-state index in [0.29, 0.717) is 5.57 Å². The lowest BCUT2D eigenvalue weighted by molar-refractivity contribution is -0.687. The molecule has 5 rings (SSSR count). The fourth-order valence-electron chi connectivity index (χ4n) is 4.33. The third-order valence-electron chi connectivity index (χ3n) is 6.04. The molecular weight excluding hydrogens is 642 g/mol. The monoisotopic (exact) mass is 661 g/mol. The van der Waals surface area contributed by atoms with E-state index in [1.165, 1.54) is 23.1 Å². The Morgan fingerprint density at radius 1 is 1.40 bits per heavy atom. The van der Waals surface area contributed by atoms with E-state index in [2.05, 4.69) is 24.7 Å². The van der Waals surface area contributed by atoms with Crippen LogP contribution in [-0.4, -0.2) is 85.7 Å². The summed E-state index contributed by atoms with van der Waals surface area (Å²) in [6.07, 6.45) is 3.75. The highest BCUT2D eigenvalue weighted by Crippen LogP contribution is 2.40. The number of nitrogen functional groups attached to an aromatic ring is 1. The molecule has 17 nitrogen and oxygen atoms in total. The summed E-state index contributed by atoms with van der Waals surface area (Å²) in [5.41, 5.74) is 5.87. The van der Waals surface area contributed by atoms with Crippen molar-refractivity contribution in [3.8, 4) is 0 Å². The number of anilines is 1. The second-order valence-corrected chi connectivity index (χ2v) is 12.7. The molecule has 0 aromatic carbocycles. The van der Waals surface area contributed by atoms with Gasteiger partial charge in [-0.3, -0.25) is 19.0 Å². The van der Waals surface area contributed by atoms with Crippen LogP contribution in [0.1, 0.15) is 11.5 Å². The van der Waals surface area contributed by atoms with Gasteiger partial charge < -0.3 is 25.8 Å². The molecule has 2 amide bonds. The minimum Gasteiger partial charge on any atom is -0.543 e. The Bertz CT molecular complexity index is 1730. The van der Waals surface area contributed by atoms with Gasteiger partial charge in [-0.25, -0.2) is 8.96 Å². The number of nitrogens with zero attached hydrogens (tertiary/aromatic N) is 6. The van der Waals surface area contributed by atoms with Crippen molar-refractivity contribution in [2.45, 2.75) is 24.4 Å². The van der Waals surface area contributed by atoms with Crippen LogP contribution in [0, 0.1) is 0 Å². The number of nitrogens with two attached hydrogens (primary N) is 1. The van der Waals surface area contributed by atoms with Crippen molar-refractivity contribution >= 4 is 78.4 Å². The van der Waals surface area contributed by atoms with Gasteiger partial charge in [0.15, 0.2) is 5.13 Å². The average molecular weight is 662 g/mol. The number of β-lactam (4-membered cyclic amide) rings is 1. The van der Waals surface area contributed by atoms with E-state index in [0.717, 1.165) is 27.0 Å². The van der Waals surface area contributed by atoms with E-state index in [1.807, 2.05) is 10.1 Å². The highest BCUT2D eigenvalue weighted by Gasteiger charge is 2.53. The number of imidazole rings is 1. The van der Waals surface area contributed by atoms with Crippen molar-refractivity contribution in [2.24, 2.45) is 5.16 Å². The zero-order valence-corrected chi connectivity index (χ0v) is 24.3. The average Bonchev–Trinajstić information content (AvgIpc) is 3.63. The number of carboxylic acid groups (broad SMARTS) is 1. The number of oxime groups is 1. The topological polar surface area (TPSA) is 238 Å². The SMILES string of the molecule is Nc1nc(/C(=N/OCF)C(=O)N[C@@H]2C(=O)N3C(C(=O)[O-])=C(C[n+]4cc5scc(CCNS(=O)(=O)O)n5c4)CS[C@H]23)ns1. The molecule has 224 valence electrons. The molecule has 3 aromatic rings. The van der Waals surface area contributed by atoms with Crippen LogP contribution < -0.4 is 25.4 Å². The van der Waals surface area contributed by atoms with Gasteiger partial charge in [0, 0.05) is 41.2 Å². The number of fused-ring (bicyclic) bond motifs is 2. The Morgan fingerprint density at radius 2 is 2.19 bits per heavy atom. The fraction of sp³-hybridized carbons (Fsp3) is 0.350. The van der Waals surface area contributed by atoms with Gasteiger partial charge in [0.2, 0.25) is 22.7 Å². The van der Waals surface area contributed by atoms with Crippen LogP contribution >= 0.6 is 34.6 Å². The van der Waals surface area contributed by atoms with Gasteiger partial charge in [-0.2, -0.15) is 26.9 Å². The lowest BCUT2D eigenvalue weighted by atomic mass is 10.0. The third kappa shape index (κ3) is 6.07. The first kappa shape index (κ1) is 29.8. The molecule has 2 aliphatic rings. The van der Waals surface area contributed by atoms with Crippen molar-refractivity contribution in [1.29, 1.82) is 0 Å². The lowest BCUT2D eigenvalue weighted by Gasteiger charge is -2.50. The van der Waals surface area contributed by atoms with Crippen LogP contribution in [0.4, 0.5) is 9.52 Å². The number of amides is 2. The van der Waals surface area contributed by atoms with Crippen LogP contribution in [-0.2, 0) is 42.5 Å². The van der Waals surface area contributed by atoms with Crippen molar-refractivity contribution < 1.29 is 46.3 Å². The number of hydrogen-bond acceptors (Lipinski definition) is 14. The van der Waals surface area contributed by atoms with E-state index >= 15 is 0 Å². The highest BCUT2D eigenvalue weighted by atomic mass is 32.2. The van der Waals surface area contributed by atoms with Crippen molar-refractivity contribution in [2.75, 3.05) is 24.9 Å². The second kappa shape index (κ2) is 11.9. The molecule has 42 heavy (non-hydrogen) atoms. The Labute approximate surface area is 247 Å². The highest BCUT2D eigenvalue weighted by molar-refractivity contribution is 8.00. The molecular formula is C20H20FN9O8S4. The summed E-state index contributed by atoms with van der Waals surface area (Å²) in [7, 11) is -4.32. The van der Waals surface area contributed by atoms with Gasteiger partial charge in [0.1, 0.15) is 29.9 Å². The number of thiazole rings is 1. The first-order valence-corrected chi connectivity index (χ1v) is 15.8. The van der Waals surface area contributed by atoms with Gasteiger partial charge in [0.25, 0.3) is 18.7 Å². The van der Waals surface area contributed by atoms with E-state index < -0.39 is 52.1 Å². The normalized spacial score (nSPS) is 19.1. The fourth-order valence-corrected chi connectivity index (χ4v) is 7.42. The molecule has 0 spiro atoms. The minimum absolute atomic E-state index is 0.0158. The van der Waals surface area contributed by atoms with Gasteiger partial charge in [-0.15, -0.1) is 11.8 Å². The number of aliphatic carboxylic acids is 1. The Kier molecular flexibility index (Phi) is 8.43. The van der Waals surface area contributed by atoms with Gasteiger partial charge in [-0.1, -0.05) is 16.5 Å². The summed E-state index contributed by atoms with van der Waals surface area (Å²) in [5, 5.41) is 19.1. The number of rotatable bonds is 12. The Morgan fingerprint density at radius 3 is 2.86 bits per heavy atom. The summed E-state index contributed by atoms with van der Waals surface area (Å²) in [6, 6.07) is -1.13. The van der Waals surface area contributed by atoms with Crippen LogP contribution in [0.5, 0.6) is 0 Å². The number of nitrogens with one attached hydrogen (secondary N) is 2. The van der Waals surface area contributed by atoms with Crippen LogP contribution in [0.3, 0.4) is 0 Å². The minimum atomic E-state index is -4.32. The quantitative estimate of drug-likeness (QED) is 0.0514. The first-order valence-electron chi connectivity index (χ1n) is 11.7. The van der Waals surface area contributed by atoms with E-state index in [-0.39, 0.29) is 41.9 Å². The molecule has 5 heterocycles. The van der Waals surface area contributed by atoms with Gasteiger partial charge in [0.05, 0.1) is 11.7 Å². The van der Waals surface area contributed by atoms with Crippen molar-refractivity contribution in [3.63, 3.8) is 0 Å². The molecule has 5 N–H and O–H groups in total. The molecule has 1 saturated heterocycles. The third-order valence-corrected chi connectivity index (χ3v) is 9.43. The predicted molar refractivity (Wildman–Crippen MR) is 144 cm³/mol. The van der Waals surface area contributed by atoms with Crippen LogP contribution in [0.15, 0.2) is 34.3 Å². The molecule has 0 unspecified atom stereocenters.